The summed E-state index contributed by atoms with van der Waals surface area (Å²) in [7, 11) is 0. The average molecular weight is 244 g/mol. The molecule has 0 aliphatic rings. The summed E-state index contributed by atoms with van der Waals surface area (Å²) in [6.07, 6.45) is 4.35. The number of nitrogens with two attached hydrogens (primary N) is 1. The SMILES string of the molecule is CCC(CCN)CCC(=O)NCC(C)CCO. The summed E-state index contributed by atoms with van der Waals surface area (Å²) in [5.74, 6) is 1.03. The molecule has 0 aromatic carbocycles. The number of aliphatic hydroxyl groups excluding tert-OH is 1. The van der Waals surface area contributed by atoms with E-state index in [0.29, 0.717) is 31.3 Å². The van der Waals surface area contributed by atoms with Crippen molar-refractivity contribution in [1.29, 1.82) is 0 Å². The maximum atomic E-state index is 11.6. The average Bonchev–Trinajstić information content (AvgIpc) is 2.32. The summed E-state index contributed by atoms with van der Waals surface area (Å²) in [6.45, 7) is 5.72. The topological polar surface area (TPSA) is 75.4 Å². The van der Waals surface area contributed by atoms with E-state index in [4.69, 9.17) is 10.8 Å². The number of carbonyl (C=O) groups excluding carboxylic acids is 1. The molecule has 0 saturated carbocycles. The van der Waals surface area contributed by atoms with Crippen LogP contribution in [0.3, 0.4) is 0 Å². The van der Waals surface area contributed by atoms with Gasteiger partial charge >= 0.3 is 0 Å². The van der Waals surface area contributed by atoms with Crippen LogP contribution in [0, 0.1) is 11.8 Å². The second kappa shape index (κ2) is 10.5. The van der Waals surface area contributed by atoms with Crippen LogP contribution in [0.1, 0.15) is 46.0 Å². The first-order valence-electron chi connectivity index (χ1n) is 6.71. The molecule has 0 radical (unpaired) electrons. The monoisotopic (exact) mass is 244 g/mol. The molecule has 2 atom stereocenters. The normalized spacial score (nSPS) is 14.4. The van der Waals surface area contributed by atoms with Crippen LogP contribution in [0.2, 0.25) is 0 Å². The molecule has 4 heteroatoms. The van der Waals surface area contributed by atoms with Crippen molar-refractivity contribution in [3.8, 4) is 0 Å². The van der Waals surface area contributed by atoms with Crippen molar-refractivity contribution in [3.63, 3.8) is 0 Å². The Morgan fingerprint density at radius 2 is 2.06 bits per heavy atom. The minimum Gasteiger partial charge on any atom is -0.396 e. The molecule has 0 aliphatic carbocycles. The van der Waals surface area contributed by atoms with Gasteiger partial charge in [-0.25, -0.2) is 0 Å². The highest BCUT2D eigenvalue weighted by atomic mass is 16.3. The van der Waals surface area contributed by atoms with Crippen LogP contribution in [-0.2, 0) is 4.79 Å². The maximum Gasteiger partial charge on any atom is 0.220 e. The number of amides is 1. The lowest BCUT2D eigenvalue weighted by Gasteiger charge is -2.14. The quantitative estimate of drug-likeness (QED) is 0.542. The van der Waals surface area contributed by atoms with Crippen LogP contribution in [0.15, 0.2) is 0 Å². The Kier molecular flexibility index (Phi) is 10.2. The minimum atomic E-state index is 0.116. The molecule has 0 aliphatic heterocycles. The number of hydrogen-bond donors (Lipinski definition) is 3. The maximum absolute atomic E-state index is 11.6. The molecule has 102 valence electrons. The Bertz CT molecular complexity index is 198. The Hall–Kier alpha value is -0.610. The Morgan fingerprint density at radius 3 is 2.59 bits per heavy atom. The van der Waals surface area contributed by atoms with Crippen molar-refractivity contribution in [2.75, 3.05) is 19.7 Å². The summed E-state index contributed by atoms with van der Waals surface area (Å²) in [5, 5.41) is 11.7. The predicted molar refractivity (Wildman–Crippen MR) is 70.6 cm³/mol. The molecule has 4 nitrogen and oxygen atoms in total. The predicted octanol–water partition coefficient (Wildman–Crippen LogP) is 1.28. The number of nitrogens with one attached hydrogen (secondary N) is 1. The first-order chi connectivity index (χ1) is 8.13. The van der Waals surface area contributed by atoms with Gasteiger partial charge in [-0.2, -0.15) is 0 Å². The van der Waals surface area contributed by atoms with Gasteiger partial charge in [0.2, 0.25) is 5.91 Å². The van der Waals surface area contributed by atoms with E-state index in [-0.39, 0.29) is 12.5 Å². The van der Waals surface area contributed by atoms with E-state index < -0.39 is 0 Å². The molecule has 2 unspecified atom stereocenters. The highest BCUT2D eigenvalue weighted by Crippen LogP contribution is 2.14. The van der Waals surface area contributed by atoms with Crippen LogP contribution in [-0.4, -0.2) is 30.7 Å². The van der Waals surface area contributed by atoms with E-state index in [1.807, 2.05) is 6.92 Å². The second-order valence-electron chi connectivity index (χ2n) is 4.81. The molecule has 0 spiro atoms. The molecule has 1 amide bonds. The van der Waals surface area contributed by atoms with Crippen LogP contribution in [0.4, 0.5) is 0 Å². The first-order valence-corrected chi connectivity index (χ1v) is 6.71. The van der Waals surface area contributed by atoms with Gasteiger partial charge in [-0.15, -0.1) is 0 Å². The second-order valence-corrected chi connectivity index (χ2v) is 4.81. The van der Waals surface area contributed by atoms with Crippen molar-refractivity contribution in [2.45, 2.75) is 46.0 Å². The zero-order chi connectivity index (χ0) is 13.1. The number of rotatable bonds is 10. The van der Waals surface area contributed by atoms with Crippen molar-refractivity contribution in [2.24, 2.45) is 17.6 Å². The Morgan fingerprint density at radius 1 is 1.35 bits per heavy atom. The van der Waals surface area contributed by atoms with Crippen LogP contribution >= 0.6 is 0 Å². The fourth-order valence-corrected chi connectivity index (χ4v) is 1.82. The van der Waals surface area contributed by atoms with Crippen LogP contribution < -0.4 is 11.1 Å². The number of aliphatic hydroxyl groups is 1. The Balaban J connectivity index is 3.64. The van der Waals surface area contributed by atoms with Gasteiger partial charge in [0.25, 0.3) is 0 Å². The molecule has 0 heterocycles. The largest absolute Gasteiger partial charge is 0.396 e. The van der Waals surface area contributed by atoms with Gasteiger partial charge in [0.15, 0.2) is 0 Å². The van der Waals surface area contributed by atoms with Gasteiger partial charge in [0.05, 0.1) is 0 Å². The summed E-state index contributed by atoms with van der Waals surface area (Å²) >= 11 is 0. The zero-order valence-electron chi connectivity index (χ0n) is 11.2. The fourth-order valence-electron chi connectivity index (χ4n) is 1.82. The molecular formula is C13H28N2O2. The van der Waals surface area contributed by atoms with Gasteiger partial charge in [0.1, 0.15) is 0 Å². The third-order valence-corrected chi connectivity index (χ3v) is 3.20. The number of carbonyl (C=O) groups is 1. The smallest absolute Gasteiger partial charge is 0.220 e. The van der Waals surface area contributed by atoms with E-state index in [9.17, 15) is 4.79 Å². The zero-order valence-corrected chi connectivity index (χ0v) is 11.2. The highest BCUT2D eigenvalue weighted by molar-refractivity contribution is 5.75. The van der Waals surface area contributed by atoms with E-state index in [1.54, 1.807) is 0 Å². The van der Waals surface area contributed by atoms with Crippen molar-refractivity contribution in [3.05, 3.63) is 0 Å². The molecule has 17 heavy (non-hydrogen) atoms. The van der Waals surface area contributed by atoms with Crippen molar-refractivity contribution in [1.82, 2.24) is 5.32 Å². The van der Waals surface area contributed by atoms with Crippen molar-refractivity contribution >= 4 is 5.91 Å². The first kappa shape index (κ1) is 16.4. The molecule has 0 rings (SSSR count). The summed E-state index contributed by atoms with van der Waals surface area (Å²) < 4.78 is 0. The van der Waals surface area contributed by atoms with Gasteiger partial charge in [0, 0.05) is 19.6 Å². The fraction of sp³-hybridized carbons (Fsp3) is 0.923. The van der Waals surface area contributed by atoms with Crippen LogP contribution in [0.5, 0.6) is 0 Å². The minimum absolute atomic E-state index is 0.116. The highest BCUT2D eigenvalue weighted by Gasteiger charge is 2.09. The molecule has 0 saturated heterocycles. The molecular weight excluding hydrogens is 216 g/mol. The third kappa shape index (κ3) is 9.12. The van der Waals surface area contributed by atoms with Gasteiger partial charge < -0.3 is 16.2 Å². The molecule has 0 bridgehead atoms. The van der Waals surface area contributed by atoms with Gasteiger partial charge in [-0.1, -0.05) is 20.3 Å². The van der Waals surface area contributed by atoms with E-state index in [1.165, 1.54) is 0 Å². The summed E-state index contributed by atoms with van der Waals surface area (Å²) in [6, 6.07) is 0. The standard InChI is InChI=1S/C13H28N2O2/c1-3-12(6-8-14)4-5-13(17)15-10-11(2)7-9-16/h11-12,16H,3-10,14H2,1-2H3,(H,15,17). The Labute approximate surface area is 105 Å². The van der Waals surface area contributed by atoms with Gasteiger partial charge in [-0.3, -0.25) is 4.79 Å². The van der Waals surface area contributed by atoms with E-state index in [2.05, 4.69) is 12.2 Å². The lowest BCUT2D eigenvalue weighted by Crippen LogP contribution is -2.28. The van der Waals surface area contributed by atoms with Crippen molar-refractivity contribution < 1.29 is 9.90 Å². The summed E-state index contributed by atoms with van der Waals surface area (Å²) in [5.41, 5.74) is 5.52. The summed E-state index contributed by atoms with van der Waals surface area (Å²) in [4.78, 5) is 11.6. The molecule has 0 aromatic heterocycles. The van der Waals surface area contributed by atoms with E-state index in [0.717, 1.165) is 25.7 Å². The molecule has 4 N–H and O–H groups in total. The van der Waals surface area contributed by atoms with E-state index >= 15 is 0 Å². The number of hydrogen-bond acceptors (Lipinski definition) is 3. The third-order valence-electron chi connectivity index (χ3n) is 3.20. The lowest BCUT2D eigenvalue weighted by atomic mass is 9.96. The molecule has 0 aromatic rings. The lowest BCUT2D eigenvalue weighted by molar-refractivity contribution is -0.121. The van der Waals surface area contributed by atoms with Crippen LogP contribution in [0.25, 0.3) is 0 Å². The van der Waals surface area contributed by atoms with Gasteiger partial charge in [-0.05, 0) is 37.6 Å². The molecule has 0 fully saturated rings.